The van der Waals surface area contributed by atoms with Crippen LogP contribution >= 0.6 is 0 Å². The normalized spacial score (nSPS) is 10.7. The Morgan fingerprint density at radius 2 is 1.69 bits per heavy atom. The van der Waals surface area contributed by atoms with Gasteiger partial charge in [0, 0.05) is 6.42 Å². The third-order valence-electron chi connectivity index (χ3n) is 1.62. The summed E-state index contributed by atoms with van der Waals surface area (Å²) in [6.07, 6.45) is 1.09. The van der Waals surface area contributed by atoms with Gasteiger partial charge in [-0.3, -0.25) is 4.79 Å². The lowest BCUT2D eigenvalue weighted by Gasteiger charge is -2.10. The van der Waals surface area contributed by atoms with Crippen molar-refractivity contribution in [2.24, 2.45) is 0 Å². The van der Waals surface area contributed by atoms with E-state index in [4.69, 9.17) is 0 Å². The minimum atomic E-state index is -0.154. The molecule has 0 heterocycles. The number of carbonyl (C=O) groups is 2. The lowest BCUT2D eigenvalue weighted by molar-refractivity contribution is -0.119. The molecule has 0 aliphatic rings. The Bertz CT molecular complexity index is 155. The Morgan fingerprint density at radius 3 is 1.92 bits per heavy atom. The molecule has 80 valence electrons. The molecule has 0 saturated heterocycles. The molecule has 0 rings (SSSR count). The third-order valence-corrected chi connectivity index (χ3v) is 1.62. The molecule has 0 spiro atoms. The highest BCUT2D eigenvalue weighted by Crippen LogP contribution is 1.98. The van der Waals surface area contributed by atoms with Crippen molar-refractivity contribution >= 4 is 11.6 Å². The largest absolute Gasteiger partial charge is 0.311 e. The zero-order chi connectivity index (χ0) is 8.85. The van der Waals surface area contributed by atoms with Crippen molar-refractivity contribution < 1.29 is 9.59 Å². The first kappa shape index (κ1) is 18.2. The summed E-state index contributed by atoms with van der Waals surface area (Å²) in [5.41, 5.74) is 0. The van der Waals surface area contributed by atoms with Gasteiger partial charge in [-0.25, -0.2) is 0 Å². The summed E-state index contributed by atoms with van der Waals surface area (Å²) < 4.78 is 0. The average molecular weight is 189 g/mol. The Hall–Kier alpha value is -0.700. The molecule has 0 radical (unpaired) electrons. The summed E-state index contributed by atoms with van der Waals surface area (Å²) in [5.74, 6) is 0.222. The van der Waals surface area contributed by atoms with Crippen LogP contribution in [0.25, 0.3) is 0 Å². The molecule has 0 saturated carbocycles. The number of rotatable bonds is 5. The van der Waals surface area contributed by atoms with Gasteiger partial charge in [0.15, 0.2) is 0 Å². The number of carbonyl (C=O) groups excluding carboxylic acids is 2. The van der Waals surface area contributed by atoms with Gasteiger partial charge < -0.3 is 10.1 Å². The van der Waals surface area contributed by atoms with Crippen molar-refractivity contribution in [2.45, 2.75) is 47.6 Å². The predicted octanol–water partition coefficient (Wildman–Crippen LogP) is 1.80. The summed E-state index contributed by atoms with van der Waals surface area (Å²) in [5, 5.41) is 2.86. The predicted molar refractivity (Wildman–Crippen MR) is 56.9 cm³/mol. The second-order valence-electron chi connectivity index (χ2n) is 2.69. The number of likely N-dealkylation sites (N-methyl/N-ethyl adjacent to an activating group) is 1. The van der Waals surface area contributed by atoms with Crippen LogP contribution < -0.4 is 5.32 Å². The standard InChI is InChI=1S/C8H15NO2.2CH4/c1-6(10)4-5-8(9-3)7(2)11;;/h8-9H,4-5H2,1-3H3;2*1H4. The maximum Gasteiger partial charge on any atom is 0.146 e. The molecule has 1 N–H and O–H groups in total. The fourth-order valence-electron chi connectivity index (χ4n) is 0.898. The fourth-order valence-corrected chi connectivity index (χ4v) is 0.898. The number of hydrogen-bond donors (Lipinski definition) is 1. The number of nitrogens with one attached hydrogen (secondary N) is 1. The van der Waals surface area contributed by atoms with Gasteiger partial charge in [-0.05, 0) is 27.3 Å². The molecule has 0 aromatic rings. The van der Waals surface area contributed by atoms with E-state index in [-0.39, 0.29) is 32.5 Å². The monoisotopic (exact) mass is 189 g/mol. The van der Waals surface area contributed by atoms with E-state index in [0.717, 1.165) is 0 Å². The molecule has 0 aromatic heterocycles. The van der Waals surface area contributed by atoms with Crippen LogP contribution in [0, 0.1) is 0 Å². The van der Waals surface area contributed by atoms with Crippen LogP contribution in [0.5, 0.6) is 0 Å². The summed E-state index contributed by atoms with van der Waals surface area (Å²) in [7, 11) is 1.73. The Kier molecular flexibility index (Phi) is 13.1. The number of hydrogen-bond acceptors (Lipinski definition) is 3. The molecule has 1 atom stereocenters. The van der Waals surface area contributed by atoms with Gasteiger partial charge in [-0.1, -0.05) is 14.9 Å². The molecule has 0 amide bonds. The van der Waals surface area contributed by atoms with Crippen LogP contribution in [-0.2, 0) is 9.59 Å². The second-order valence-corrected chi connectivity index (χ2v) is 2.69. The topological polar surface area (TPSA) is 46.2 Å². The van der Waals surface area contributed by atoms with E-state index in [1.54, 1.807) is 7.05 Å². The van der Waals surface area contributed by atoms with Crippen molar-refractivity contribution in [1.29, 1.82) is 0 Å². The summed E-state index contributed by atoms with van der Waals surface area (Å²) in [6.45, 7) is 3.06. The van der Waals surface area contributed by atoms with Crippen molar-refractivity contribution in [3.05, 3.63) is 0 Å². The highest BCUT2D eigenvalue weighted by molar-refractivity contribution is 5.82. The SMILES string of the molecule is C.C.CNC(CCC(C)=O)C(C)=O. The van der Waals surface area contributed by atoms with Crippen molar-refractivity contribution in [3.63, 3.8) is 0 Å². The molecule has 0 aliphatic carbocycles. The average Bonchev–Trinajstić information content (AvgIpc) is 1.87. The summed E-state index contributed by atoms with van der Waals surface area (Å²) in [6, 6.07) is -0.154. The minimum absolute atomic E-state index is 0. The van der Waals surface area contributed by atoms with E-state index in [0.29, 0.717) is 12.8 Å². The first-order chi connectivity index (χ1) is 5.07. The fraction of sp³-hybridized carbons (Fsp3) is 0.800. The number of ketones is 2. The van der Waals surface area contributed by atoms with Gasteiger partial charge in [0.2, 0.25) is 0 Å². The molecule has 13 heavy (non-hydrogen) atoms. The van der Waals surface area contributed by atoms with E-state index in [1.807, 2.05) is 0 Å². The molecule has 3 heteroatoms. The van der Waals surface area contributed by atoms with Crippen LogP contribution in [0.4, 0.5) is 0 Å². The van der Waals surface area contributed by atoms with E-state index < -0.39 is 0 Å². The second kappa shape index (κ2) is 9.39. The van der Waals surface area contributed by atoms with Gasteiger partial charge in [0.1, 0.15) is 11.6 Å². The Balaban J connectivity index is -0.000000500. The van der Waals surface area contributed by atoms with Crippen molar-refractivity contribution in [1.82, 2.24) is 5.32 Å². The van der Waals surface area contributed by atoms with Gasteiger partial charge >= 0.3 is 0 Å². The molecule has 0 aliphatic heterocycles. The lowest BCUT2D eigenvalue weighted by Crippen LogP contribution is -2.32. The zero-order valence-corrected chi connectivity index (χ0v) is 7.31. The highest BCUT2D eigenvalue weighted by Gasteiger charge is 2.11. The molecular formula is C10H23NO2. The summed E-state index contributed by atoms with van der Waals surface area (Å²) >= 11 is 0. The van der Waals surface area contributed by atoms with E-state index in [1.165, 1.54) is 13.8 Å². The minimum Gasteiger partial charge on any atom is -0.311 e. The third kappa shape index (κ3) is 9.21. The maximum absolute atomic E-state index is 10.8. The first-order valence-corrected chi connectivity index (χ1v) is 3.75. The van der Waals surface area contributed by atoms with Gasteiger partial charge in [0.05, 0.1) is 6.04 Å². The smallest absolute Gasteiger partial charge is 0.146 e. The highest BCUT2D eigenvalue weighted by atomic mass is 16.1. The molecule has 0 aromatic carbocycles. The van der Waals surface area contributed by atoms with Crippen LogP contribution in [0.1, 0.15) is 41.5 Å². The maximum atomic E-state index is 10.8. The summed E-state index contributed by atoms with van der Waals surface area (Å²) in [4.78, 5) is 21.4. The Labute approximate surface area is 81.9 Å². The quantitative estimate of drug-likeness (QED) is 0.717. The molecule has 0 fully saturated rings. The number of Topliss-reactive ketones (excluding diaryl/α,β-unsaturated/α-hetero) is 2. The van der Waals surface area contributed by atoms with Crippen LogP contribution in [0.2, 0.25) is 0 Å². The molecule has 3 nitrogen and oxygen atoms in total. The molecule has 1 unspecified atom stereocenters. The van der Waals surface area contributed by atoms with Gasteiger partial charge in [0.25, 0.3) is 0 Å². The zero-order valence-electron chi connectivity index (χ0n) is 7.31. The van der Waals surface area contributed by atoms with Crippen molar-refractivity contribution in [3.8, 4) is 0 Å². The van der Waals surface area contributed by atoms with E-state index in [9.17, 15) is 9.59 Å². The van der Waals surface area contributed by atoms with Gasteiger partial charge in [-0.2, -0.15) is 0 Å². The van der Waals surface area contributed by atoms with Gasteiger partial charge in [-0.15, -0.1) is 0 Å². The van der Waals surface area contributed by atoms with Crippen LogP contribution in [0.3, 0.4) is 0 Å². The lowest BCUT2D eigenvalue weighted by atomic mass is 10.1. The first-order valence-electron chi connectivity index (χ1n) is 3.75. The molecule has 0 bridgehead atoms. The van der Waals surface area contributed by atoms with E-state index >= 15 is 0 Å². The Morgan fingerprint density at radius 1 is 1.23 bits per heavy atom. The van der Waals surface area contributed by atoms with E-state index in [2.05, 4.69) is 5.32 Å². The van der Waals surface area contributed by atoms with Crippen LogP contribution in [-0.4, -0.2) is 24.7 Å². The van der Waals surface area contributed by atoms with Crippen molar-refractivity contribution in [2.75, 3.05) is 7.05 Å². The molecular weight excluding hydrogens is 166 g/mol. The van der Waals surface area contributed by atoms with Crippen LogP contribution in [0.15, 0.2) is 0 Å².